The van der Waals surface area contributed by atoms with Gasteiger partial charge in [-0.15, -0.1) is 0 Å². The summed E-state index contributed by atoms with van der Waals surface area (Å²) < 4.78 is 15.6. The first-order valence-corrected chi connectivity index (χ1v) is 7.15. The summed E-state index contributed by atoms with van der Waals surface area (Å²) >= 11 is 0. The first-order chi connectivity index (χ1) is 10.8. The SMILES string of the molecule is Cc1ccccc1OC(=O)C1COCCO1.[c]1ccccc1. The fourth-order valence-electron chi connectivity index (χ4n) is 1.81. The van der Waals surface area contributed by atoms with E-state index in [1.54, 1.807) is 6.07 Å². The van der Waals surface area contributed by atoms with Crippen molar-refractivity contribution in [1.82, 2.24) is 0 Å². The van der Waals surface area contributed by atoms with Crippen LogP contribution in [-0.4, -0.2) is 31.9 Å². The molecule has 0 aromatic heterocycles. The third kappa shape index (κ3) is 5.31. The van der Waals surface area contributed by atoms with E-state index in [1.165, 1.54) is 0 Å². The van der Waals surface area contributed by atoms with E-state index in [1.807, 2.05) is 55.5 Å². The van der Waals surface area contributed by atoms with Gasteiger partial charge in [-0.1, -0.05) is 48.5 Å². The van der Waals surface area contributed by atoms with Gasteiger partial charge in [-0.25, -0.2) is 4.79 Å². The summed E-state index contributed by atoms with van der Waals surface area (Å²) in [6.45, 7) is 3.13. The normalized spacial score (nSPS) is 17.0. The zero-order valence-corrected chi connectivity index (χ0v) is 12.5. The highest BCUT2D eigenvalue weighted by atomic mass is 16.6. The molecule has 1 unspecified atom stereocenters. The minimum atomic E-state index is -0.603. The van der Waals surface area contributed by atoms with E-state index in [-0.39, 0.29) is 6.61 Å². The van der Waals surface area contributed by atoms with Crippen LogP contribution in [0.4, 0.5) is 0 Å². The minimum Gasteiger partial charge on any atom is -0.424 e. The predicted molar refractivity (Wildman–Crippen MR) is 82.7 cm³/mol. The number of esters is 1. The highest BCUT2D eigenvalue weighted by molar-refractivity contribution is 5.77. The fourth-order valence-corrected chi connectivity index (χ4v) is 1.81. The molecular formula is C18H19O4. The number of benzene rings is 2. The van der Waals surface area contributed by atoms with Gasteiger partial charge in [0.15, 0.2) is 6.10 Å². The molecule has 2 aromatic rings. The van der Waals surface area contributed by atoms with Crippen molar-refractivity contribution < 1.29 is 19.0 Å². The zero-order valence-electron chi connectivity index (χ0n) is 12.5. The van der Waals surface area contributed by atoms with Crippen molar-refractivity contribution in [3.63, 3.8) is 0 Å². The zero-order chi connectivity index (χ0) is 15.6. The van der Waals surface area contributed by atoms with Crippen molar-refractivity contribution >= 4 is 5.97 Å². The maximum atomic E-state index is 11.7. The Morgan fingerprint density at radius 1 is 1.14 bits per heavy atom. The van der Waals surface area contributed by atoms with Crippen molar-refractivity contribution in [2.45, 2.75) is 13.0 Å². The lowest BCUT2D eigenvalue weighted by molar-refractivity contribution is -0.161. The van der Waals surface area contributed by atoms with Crippen LogP contribution < -0.4 is 4.74 Å². The van der Waals surface area contributed by atoms with Crippen molar-refractivity contribution in [3.05, 3.63) is 66.2 Å². The molecule has 1 radical (unpaired) electrons. The van der Waals surface area contributed by atoms with Gasteiger partial charge in [0.2, 0.25) is 0 Å². The van der Waals surface area contributed by atoms with Gasteiger partial charge in [0.05, 0.1) is 19.8 Å². The van der Waals surface area contributed by atoms with Crippen molar-refractivity contribution in [2.24, 2.45) is 0 Å². The maximum absolute atomic E-state index is 11.7. The highest BCUT2D eigenvalue weighted by Crippen LogP contribution is 2.17. The van der Waals surface area contributed by atoms with Crippen molar-refractivity contribution in [1.29, 1.82) is 0 Å². The Balaban J connectivity index is 0.000000246. The average Bonchev–Trinajstić information content (AvgIpc) is 2.60. The molecule has 115 valence electrons. The number of rotatable bonds is 2. The van der Waals surface area contributed by atoms with Gasteiger partial charge in [0.1, 0.15) is 5.75 Å². The highest BCUT2D eigenvalue weighted by Gasteiger charge is 2.24. The van der Waals surface area contributed by atoms with Crippen LogP contribution in [-0.2, 0) is 14.3 Å². The quantitative estimate of drug-likeness (QED) is 0.632. The second-order valence-corrected chi connectivity index (χ2v) is 4.70. The Morgan fingerprint density at radius 2 is 1.91 bits per heavy atom. The van der Waals surface area contributed by atoms with Crippen LogP contribution in [0.15, 0.2) is 54.6 Å². The van der Waals surface area contributed by atoms with E-state index in [9.17, 15) is 4.79 Å². The number of para-hydroxylation sites is 1. The number of hydrogen-bond donors (Lipinski definition) is 0. The van der Waals surface area contributed by atoms with E-state index >= 15 is 0 Å². The Hall–Kier alpha value is -2.17. The average molecular weight is 299 g/mol. The molecule has 0 bridgehead atoms. The Kier molecular flexibility index (Phi) is 6.61. The van der Waals surface area contributed by atoms with E-state index in [0.29, 0.717) is 19.0 Å². The van der Waals surface area contributed by atoms with Crippen LogP contribution >= 0.6 is 0 Å². The molecule has 2 aromatic carbocycles. The molecule has 1 heterocycles. The van der Waals surface area contributed by atoms with E-state index < -0.39 is 12.1 Å². The number of aryl methyl sites for hydroxylation is 1. The molecule has 0 saturated carbocycles. The first-order valence-electron chi connectivity index (χ1n) is 7.15. The van der Waals surface area contributed by atoms with E-state index in [0.717, 1.165) is 5.56 Å². The minimum absolute atomic E-state index is 0.269. The summed E-state index contributed by atoms with van der Waals surface area (Å²) in [7, 11) is 0. The lowest BCUT2D eigenvalue weighted by Gasteiger charge is -2.21. The number of ether oxygens (including phenoxy) is 3. The third-order valence-electron chi connectivity index (χ3n) is 2.99. The van der Waals surface area contributed by atoms with Gasteiger partial charge in [0, 0.05) is 0 Å². The first kappa shape index (κ1) is 16.2. The van der Waals surface area contributed by atoms with Crippen molar-refractivity contribution in [3.8, 4) is 5.75 Å². The monoisotopic (exact) mass is 299 g/mol. The van der Waals surface area contributed by atoms with Gasteiger partial charge in [-0.3, -0.25) is 0 Å². The number of hydrogen-bond acceptors (Lipinski definition) is 4. The molecule has 22 heavy (non-hydrogen) atoms. The molecule has 4 nitrogen and oxygen atoms in total. The van der Waals surface area contributed by atoms with E-state index in [4.69, 9.17) is 14.2 Å². The number of carbonyl (C=O) groups excluding carboxylic acids is 1. The second kappa shape index (κ2) is 8.97. The summed E-state index contributed by atoms with van der Waals surface area (Å²) in [6.07, 6.45) is -0.603. The summed E-state index contributed by atoms with van der Waals surface area (Å²) in [5, 5.41) is 0. The largest absolute Gasteiger partial charge is 0.424 e. The molecule has 4 heteroatoms. The molecule has 0 spiro atoms. The Morgan fingerprint density at radius 3 is 2.45 bits per heavy atom. The topological polar surface area (TPSA) is 44.8 Å². The van der Waals surface area contributed by atoms with Crippen LogP contribution in [0.25, 0.3) is 0 Å². The van der Waals surface area contributed by atoms with Crippen LogP contribution in [0.1, 0.15) is 5.56 Å². The van der Waals surface area contributed by atoms with Gasteiger partial charge < -0.3 is 14.2 Å². The molecule has 0 aliphatic carbocycles. The molecule has 1 fully saturated rings. The molecule has 3 rings (SSSR count). The lowest BCUT2D eigenvalue weighted by atomic mass is 10.2. The van der Waals surface area contributed by atoms with Crippen LogP contribution in [0.5, 0.6) is 5.75 Å². The van der Waals surface area contributed by atoms with Crippen LogP contribution in [0, 0.1) is 13.0 Å². The van der Waals surface area contributed by atoms with Gasteiger partial charge in [-0.2, -0.15) is 0 Å². The van der Waals surface area contributed by atoms with Gasteiger partial charge >= 0.3 is 5.97 Å². The predicted octanol–water partition coefficient (Wildman–Crippen LogP) is 2.80. The molecular weight excluding hydrogens is 280 g/mol. The Bertz CT molecular complexity index is 536. The van der Waals surface area contributed by atoms with Crippen LogP contribution in [0.3, 0.4) is 0 Å². The van der Waals surface area contributed by atoms with Gasteiger partial charge in [0.25, 0.3) is 0 Å². The van der Waals surface area contributed by atoms with E-state index in [2.05, 4.69) is 6.07 Å². The maximum Gasteiger partial charge on any atom is 0.343 e. The fraction of sp³-hybridized carbons (Fsp3) is 0.278. The summed E-state index contributed by atoms with van der Waals surface area (Å²) in [5.41, 5.74) is 0.924. The smallest absolute Gasteiger partial charge is 0.343 e. The van der Waals surface area contributed by atoms with Gasteiger partial charge in [-0.05, 0) is 24.6 Å². The number of carbonyl (C=O) groups is 1. The molecule has 1 saturated heterocycles. The Labute approximate surface area is 130 Å². The van der Waals surface area contributed by atoms with Crippen LogP contribution in [0.2, 0.25) is 0 Å². The molecule has 1 aliphatic heterocycles. The molecule has 1 aliphatic rings. The summed E-state index contributed by atoms with van der Waals surface area (Å²) in [5.74, 6) is 0.177. The standard InChI is InChI=1S/C12H14O4.C6H5/c1-9-4-2-3-5-10(9)16-12(13)11-8-14-6-7-15-11;1-2-4-6-5-3-1/h2-5,11H,6-8H2,1H3;1-5H. The third-order valence-corrected chi connectivity index (χ3v) is 2.99. The summed E-state index contributed by atoms with van der Waals surface area (Å²) in [4.78, 5) is 11.7. The lowest BCUT2D eigenvalue weighted by Crippen LogP contribution is -2.38. The molecule has 0 N–H and O–H groups in total. The second-order valence-electron chi connectivity index (χ2n) is 4.70. The summed E-state index contributed by atoms with van der Waals surface area (Å²) in [6, 6.07) is 19.9. The molecule has 0 amide bonds. The molecule has 1 atom stereocenters. The van der Waals surface area contributed by atoms with Crippen molar-refractivity contribution in [2.75, 3.05) is 19.8 Å².